The second-order valence-electron chi connectivity index (χ2n) is 5.21. The summed E-state index contributed by atoms with van der Waals surface area (Å²) in [5.41, 5.74) is 1.81. The van der Waals surface area contributed by atoms with Crippen molar-refractivity contribution in [2.45, 2.75) is 5.37 Å². The summed E-state index contributed by atoms with van der Waals surface area (Å²) in [6, 6.07) is 11.2. The molecule has 0 radical (unpaired) electrons. The molecule has 0 spiro atoms. The van der Waals surface area contributed by atoms with Gasteiger partial charge in [0.05, 0.1) is 14.7 Å². The maximum absolute atomic E-state index is 12.4. The van der Waals surface area contributed by atoms with E-state index in [4.69, 9.17) is 22.8 Å². The summed E-state index contributed by atoms with van der Waals surface area (Å²) < 4.78 is 7.11. The highest BCUT2D eigenvalue weighted by Gasteiger charge is 2.34. The Bertz CT molecular complexity index is 828. The fourth-order valence-corrected chi connectivity index (χ4v) is 5.26. The predicted octanol–water partition coefficient (Wildman–Crippen LogP) is 5.66. The van der Waals surface area contributed by atoms with Crippen molar-refractivity contribution in [2.24, 2.45) is 0 Å². The molecule has 7 heteroatoms. The smallest absolute Gasteiger partial charge is 0.238 e. The summed E-state index contributed by atoms with van der Waals surface area (Å²) in [4.78, 5) is 14.2. The lowest BCUT2D eigenvalue weighted by Gasteiger charge is -2.25. The molecule has 0 aromatic heterocycles. The third-order valence-electron chi connectivity index (χ3n) is 3.58. The number of hydrogen-bond acceptors (Lipinski definition) is 3. The summed E-state index contributed by atoms with van der Waals surface area (Å²) >= 11 is 14.6. The highest BCUT2D eigenvalue weighted by atomic mass is 79.9. The standard InChI is InChI=1S/C18H12Br2ClNO2S/c1-2-7-24-17-14(19)8-11(9-15(17)20)18-22(16(23)10-25-18)13-5-3-12(21)4-6-13/h1,3-6,8-9,18H,7,10H2/t18-/m1/s1. The van der Waals surface area contributed by atoms with E-state index in [9.17, 15) is 4.79 Å². The van der Waals surface area contributed by atoms with Crippen LogP contribution < -0.4 is 9.64 Å². The number of anilines is 1. The first-order chi connectivity index (χ1) is 12.0. The molecule has 1 aliphatic heterocycles. The quantitative estimate of drug-likeness (QED) is 0.507. The topological polar surface area (TPSA) is 29.5 Å². The Morgan fingerprint density at radius 3 is 2.52 bits per heavy atom. The maximum atomic E-state index is 12.4. The van der Waals surface area contributed by atoms with Gasteiger partial charge < -0.3 is 4.74 Å². The molecule has 128 valence electrons. The summed E-state index contributed by atoms with van der Waals surface area (Å²) in [6.45, 7) is 0.185. The van der Waals surface area contributed by atoms with Gasteiger partial charge in [0.15, 0.2) is 0 Å². The monoisotopic (exact) mass is 499 g/mol. The van der Waals surface area contributed by atoms with Crippen LogP contribution in [-0.4, -0.2) is 18.3 Å². The van der Waals surface area contributed by atoms with Gasteiger partial charge in [-0.15, -0.1) is 18.2 Å². The van der Waals surface area contributed by atoms with E-state index in [-0.39, 0.29) is 17.9 Å². The molecule has 0 saturated carbocycles. The Labute approximate surface area is 172 Å². The van der Waals surface area contributed by atoms with Crippen LogP contribution in [0.3, 0.4) is 0 Å². The fraction of sp³-hybridized carbons (Fsp3) is 0.167. The third kappa shape index (κ3) is 4.01. The van der Waals surface area contributed by atoms with Crippen molar-refractivity contribution in [3.63, 3.8) is 0 Å². The van der Waals surface area contributed by atoms with Gasteiger partial charge >= 0.3 is 0 Å². The molecular formula is C18H12Br2ClNO2S. The van der Waals surface area contributed by atoms with Gasteiger partial charge in [-0.05, 0) is 73.8 Å². The van der Waals surface area contributed by atoms with Crippen LogP contribution in [0.1, 0.15) is 10.9 Å². The zero-order chi connectivity index (χ0) is 18.0. The zero-order valence-electron chi connectivity index (χ0n) is 12.8. The summed E-state index contributed by atoms with van der Waals surface area (Å²) in [7, 11) is 0. The van der Waals surface area contributed by atoms with E-state index in [0.717, 1.165) is 20.2 Å². The van der Waals surface area contributed by atoms with E-state index in [1.165, 1.54) is 0 Å². The van der Waals surface area contributed by atoms with Crippen molar-refractivity contribution in [2.75, 3.05) is 17.3 Å². The van der Waals surface area contributed by atoms with Crippen molar-refractivity contribution in [1.29, 1.82) is 0 Å². The first-order valence-corrected chi connectivity index (χ1v) is 10.3. The molecule has 1 saturated heterocycles. The molecule has 1 amide bonds. The van der Waals surface area contributed by atoms with E-state index in [1.54, 1.807) is 28.8 Å². The molecule has 2 aromatic rings. The lowest BCUT2D eigenvalue weighted by molar-refractivity contribution is -0.115. The van der Waals surface area contributed by atoms with Gasteiger partial charge in [-0.3, -0.25) is 9.69 Å². The van der Waals surface area contributed by atoms with Crippen LogP contribution in [0.2, 0.25) is 5.02 Å². The van der Waals surface area contributed by atoms with Gasteiger partial charge in [0.25, 0.3) is 0 Å². The van der Waals surface area contributed by atoms with E-state index in [1.807, 2.05) is 24.3 Å². The number of halogens is 3. The number of amides is 1. The Morgan fingerprint density at radius 2 is 1.92 bits per heavy atom. The molecule has 0 unspecified atom stereocenters. The Balaban J connectivity index is 1.96. The van der Waals surface area contributed by atoms with Gasteiger partial charge in [0, 0.05) is 10.7 Å². The van der Waals surface area contributed by atoms with Crippen LogP contribution in [-0.2, 0) is 4.79 Å². The Morgan fingerprint density at radius 1 is 1.28 bits per heavy atom. The number of carbonyl (C=O) groups excluding carboxylic acids is 1. The fourth-order valence-electron chi connectivity index (χ4n) is 2.53. The second-order valence-corrected chi connectivity index (χ2v) is 8.42. The molecule has 1 atom stereocenters. The first-order valence-electron chi connectivity index (χ1n) is 7.25. The second kappa shape index (κ2) is 8.05. The van der Waals surface area contributed by atoms with Crippen molar-refractivity contribution < 1.29 is 9.53 Å². The van der Waals surface area contributed by atoms with Crippen LogP contribution in [0, 0.1) is 12.3 Å². The molecule has 1 heterocycles. The minimum absolute atomic E-state index is 0.0669. The number of nitrogens with zero attached hydrogens (tertiary/aromatic N) is 1. The normalized spacial score (nSPS) is 16.8. The molecule has 25 heavy (non-hydrogen) atoms. The minimum atomic E-state index is -0.122. The summed E-state index contributed by atoms with van der Waals surface area (Å²) in [6.07, 6.45) is 5.25. The molecule has 0 bridgehead atoms. The molecule has 1 fully saturated rings. The highest BCUT2D eigenvalue weighted by molar-refractivity contribution is 9.11. The molecule has 2 aromatic carbocycles. The van der Waals surface area contributed by atoms with Crippen molar-refractivity contribution in [3.05, 3.63) is 55.9 Å². The van der Waals surface area contributed by atoms with Crippen LogP contribution in [0.25, 0.3) is 0 Å². The number of terminal acetylenes is 1. The first kappa shape index (κ1) is 18.7. The maximum Gasteiger partial charge on any atom is 0.238 e. The molecule has 0 aliphatic carbocycles. The molecular weight excluding hydrogens is 490 g/mol. The number of rotatable bonds is 4. The largest absolute Gasteiger partial charge is 0.479 e. The molecule has 3 rings (SSSR count). The Hall–Kier alpha value is -1.13. The van der Waals surface area contributed by atoms with Gasteiger partial charge in [-0.25, -0.2) is 0 Å². The summed E-state index contributed by atoms with van der Waals surface area (Å²) in [5, 5.41) is 0.517. The van der Waals surface area contributed by atoms with Crippen molar-refractivity contribution in [3.8, 4) is 18.1 Å². The molecule has 0 N–H and O–H groups in total. The SMILES string of the molecule is C#CCOc1c(Br)cc([C@H]2SCC(=O)N2c2ccc(Cl)cc2)cc1Br. The van der Waals surface area contributed by atoms with E-state index in [2.05, 4.69) is 37.8 Å². The van der Waals surface area contributed by atoms with Gasteiger partial charge in [0.1, 0.15) is 17.7 Å². The van der Waals surface area contributed by atoms with Crippen LogP contribution in [0.5, 0.6) is 5.75 Å². The number of carbonyl (C=O) groups is 1. The number of hydrogen-bond donors (Lipinski definition) is 0. The van der Waals surface area contributed by atoms with Crippen molar-refractivity contribution in [1.82, 2.24) is 0 Å². The molecule has 3 nitrogen and oxygen atoms in total. The lowest BCUT2D eigenvalue weighted by atomic mass is 10.1. The van der Waals surface area contributed by atoms with Crippen LogP contribution in [0.4, 0.5) is 5.69 Å². The summed E-state index contributed by atoms with van der Waals surface area (Å²) in [5.74, 6) is 3.59. The van der Waals surface area contributed by atoms with Crippen LogP contribution in [0.15, 0.2) is 45.3 Å². The number of ether oxygens (including phenoxy) is 1. The zero-order valence-corrected chi connectivity index (χ0v) is 17.6. The number of thioether (sulfide) groups is 1. The highest BCUT2D eigenvalue weighted by Crippen LogP contribution is 2.45. The van der Waals surface area contributed by atoms with Crippen molar-refractivity contribution >= 4 is 66.8 Å². The van der Waals surface area contributed by atoms with E-state index in [0.29, 0.717) is 16.5 Å². The van der Waals surface area contributed by atoms with Crippen LogP contribution >= 0.6 is 55.2 Å². The molecule has 1 aliphatic rings. The predicted molar refractivity (Wildman–Crippen MR) is 110 cm³/mol. The number of benzene rings is 2. The van der Waals surface area contributed by atoms with Gasteiger partial charge in [-0.1, -0.05) is 17.5 Å². The van der Waals surface area contributed by atoms with Gasteiger partial charge in [0.2, 0.25) is 5.91 Å². The lowest BCUT2D eigenvalue weighted by Crippen LogP contribution is -2.27. The van der Waals surface area contributed by atoms with Gasteiger partial charge in [-0.2, -0.15) is 0 Å². The average Bonchev–Trinajstić information content (AvgIpc) is 2.96. The minimum Gasteiger partial charge on any atom is -0.479 e. The third-order valence-corrected chi connectivity index (χ3v) is 6.22. The van der Waals surface area contributed by atoms with E-state index >= 15 is 0 Å². The average molecular weight is 502 g/mol. The van der Waals surface area contributed by atoms with E-state index < -0.39 is 0 Å². The Kier molecular flexibility index (Phi) is 6.00.